The van der Waals surface area contributed by atoms with Gasteiger partial charge in [0, 0.05) is 19.0 Å². The number of halogens is 4. The molecule has 0 aliphatic carbocycles. The molecule has 2 aromatic carbocycles. The molecule has 0 aromatic heterocycles. The summed E-state index contributed by atoms with van der Waals surface area (Å²) in [5.74, 6) is -4.56. The number of nitrogens with zero attached hydrogens (tertiary/aromatic N) is 1. The first-order valence-corrected chi connectivity index (χ1v) is 12.2. The molecule has 36 heavy (non-hydrogen) atoms. The summed E-state index contributed by atoms with van der Waals surface area (Å²) in [7, 11) is -2.05. The van der Waals surface area contributed by atoms with Crippen LogP contribution in [0, 0.1) is 5.82 Å². The Labute approximate surface area is 205 Å². The fourth-order valence-corrected chi connectivity index (χ4v) is 5.32. The average Bonchev–Trinajstić information content (AvgIpc) is 2.75. The molecule has 1 heterocycles. The molecule has 13 heteroatoms. The van der Waals surface area contributed by atoms with Crippen molar-refractivity contribution in [2.75, 3.05) is 32.0 Å². The lowest BCUT2D eigenvalue weighted by atomic mass is 9.91. The van der Waals surface area contributed by atoms with Crippen LogP contribution in [-0.2, 0) is 19.6 Å². The number of rotatable bonds is 7. The molecule has 1 aliphatic rings. The molecule has 1 fully saturated rings. The zero-order valence-electron chi connectivity index (χ0n) is 19.8. The molecule has 0 radical (unpaired) electrons. The minimum absolute atomic E-state index is 0.0846. The van der Waals surface area contributed by atoms with Gasteiger partial charge in [-0.05, 0) is 41.3 Å². The molecular weight excluding hydrogens is 508 g/mol. The van der Waals surface area contributed by atoms with Crippen molar-refractivity contribution < 1.29 is 45.0 Å². The van der Waals surface area contributed by atoms with Gasteiger partial charge in [0.2, 0.25) is 0 Å². The highest BCUT2D eigenvalue weighted by atomic mass is 32.2. The van der Waals surface area contributed by atoms with E-state index in [1.54, 1.807) is 6.07 Å². The van der Waals surface area contributed by atoms with Gasteiger partial charge in [0.05, 0.1) is 24.8 Å². The molecule has 0 spiro atoms. The molecular formula is C23H24F4N2O6S. The number of sulfonamides is 1. The van der Waals surface area contributed by atoms with Crippen LogP contribution in [0.15, 0.2) is 35.2 Å². The van der Waals surface area contributed by atoms with E-state index in [4.69, 9.17) is 9.47 Å². The van der Waals surface area contributed by atoms with Crippen LogP contribution < -0.4 is 9.46 Å². The van der Waals surface area contributed by atoms with Crippen molar-refractivity contribution in [3.8, 4) is 5.75 Å². The van der Waals surface area contributed by atoms with Crippen LogP contribution in [0.4, 0.5) is 23.2 Å². The molecule has 8 nitrogen and oxygen atoms in total. The van der Waals surface area contributed by atoms with Crippen molar-refractivity contribution in [3.05, 3.63) is 52.8 Å². The van der Waals surface area contributed by atoms with Crippen molar-refractivity contribution in [2.24, 2.45) is 0 Å². The zero-order chi connectivity index (χ0) is 27.0. The molecule has 0 saturated carbocycles. The van der Waals surface area contributed by atoms with Crippen LogP contribution in [0.3, 0.4) is 0 Å². The molecule has 0 atom stereocenters. The number of methoxy groups -OCH3 is 2. The summed E-state index contributed by atoms with van der Waals surface area (Å²) in [4.78, 5) is 24.1. The highest BCUT2D eigenvalue weighted by molar-refractivity contribution is 7.92. The number of esters is 1. The van der Waals surface area contributed by atoms with E-state index in [9.17, 15) is 35.6 Å². The number of hydrogen-bond acceptors (Lipinski definition) is 6. The lowest BCUT2D eigenvalue weighted by Gasteiger charge is -2.40. The lowest BCUT2D eigenvalue weighted by Crippen LogP contribution is -2.53. The van der Waals surface area contributed by atoms with Crippen molar-refractivity contribution in [3.63, 3.8) is 0 Å². The Morgan fingerprint density at radius 1 is 1.11 bits per heavy atom. The first kappa shape index (κ1) is 27.2. The van der Waals surface area contributed by atoms with Gasteiger partial charge in [-0.3, -0.25) is 9.52 Å². The van der Waals surface area contributed by atoms with E-state index >= 15 is 0 Å². The van der Waals surface area contributed by atoms with Crippen molar-refractivity contribution in [2.45, 2.75) is 36.8 Å². The van der Waals surface area contributed by atoms with E-state index in [-0.39, 0.29) is 28.5 Å². The first-order chi connectivity index (χ1) is 16.7. The van der Waals surface area contributed by atoms with Crippen LogP contribution in [0.2, 0.25) is 0 Å². The normalized spacial score (nSPS) is 14.4. The number of ether oxygens (including phenoxy) is 2. The average molecular weight is 533 g/mol. The van der Waals surface area contributed by atoms with Gasteiger partial charge in [-0.25, -0.2) is 17.6 Å². The number of likely N-dealkylation sites (tertiary alicyclic amines) is 1. The lowest BCUT2D eigenvalue weighted by molar-refractivity contribution is -0.189. The maximum Gasteiger partial charge on any atom is 0.471 e. The summed E-state index contributed by atoms with van der Waals surface area (Å²) < 4.78 is 91.2. The van der Waals surface area contributed by atoms with E-state index in [1.807, 2.05) is 13.8 Å². The Bertz CT molecular complexity index is 1290. The predicted octanol–water partition coefficient (Wildman–Crippen LogP) is 4.03. The number of amides is 1. The van der Waals surface area contributed by atoms with E-state index in [2.05, 4.69) is 4.72 Å². The van der Waals surface area contributed by atoms with Gasteiger partial charge in [-0.2, -0.15) is 13.2 Å². The molecule has 1 N–H and O–H groups in total. The summed E-state index contributed by atoms with van der Waals surface area (Å²) in [6.45, 7) is 2.82. The number of benzene rings is 2. The Kier molecular flexibility index (Phi) is 7.53. The Hall–Kier alpha value is -3.35. The minimum atomic E-state index is -5.07. The number of carbonyl (C=O) groups excluding carboxylic acids is 2. The Morgan fingerprint density at radius 2 is 1.75 bits per heavy atom. The van der Waals surface area contributed by atoms with Gasteiger partial charge in [-0.15, -0.1) is 0 Å². The van der Waals surface area contributed by atoms with E-state index in [0.717, 1.165) is 25.3 Å². The summed E-state index contributed by atoms with van der Waals surface area (Å²) in [5, 5.41) is 0. The maximum absolute atomic E-state index is 14.0. The fraction of sp³-hybridized carbons (Fsp3) is 0.391. The van der Waals surface area contributed by atoms with Crippen LogP contribution in [0.5, 0.6) is 5.75 Å². The second-order valence-electron chi connectivity index (χ2n) is 8.45. The number of nitrogens with one attached hydrogen (secondary N) is 1. The van der Waals surface area contributed by atoms with Crippen molar-refractivity contribution in [1.29, 1.82) is 0 Å². The quantitative estimate of drug-likeness (QED) is 0.427. The maximum atomic E-state index is 14.0. The third kappa shape index (κ3) is 5.25. The third-order valence-electron chi connectivity index (χ3n) is 5.76. The van der Waals surface area contributed by atoms with Gasteiger partial charge in [0.25, 0.3) is 10.0 Å². The topological polar surface area (TPSA) is 102 Å². The van der Waals surface area contributed by atoms with Gasteiger partial charge in [-0.1, -0.05) is 19.9 Å². The van der Waals surface area contributed by atoms with Crippen molar-refractivity contribution in [1.82, 2.24) is 4.90 Å². The summed E-state index contributed by atoms with van der Waals surface area (Å²) in [5.41, 5.74) is 0.177. The first-order valence-electron chi connectivity index (χ1n) is 10.7. The van der Waals surface area contributed by atoms with Crippen LogP contribution >= 0.6 is 0 Å². The van der Waals surface area contributed by atoms with Crippen LogP contribution in [-0.4, -0.2) is 58.7 Å². The molecule has 1 saturated heterocycles. The largest absolute Gasteiger partial charge is 0.495 e. The number of alkyl halides is 3. The predicted molar refractivity (Wildman–Crippen MR) is 121 cm³/mol. The molecule has 3 rings (SSSR count). The fourth-order valence-electron chi connectivity index (χ4n) is 3.97. The highest BCUT2D eigenvalue weighted by Crippen LogP contribution is 2.38. The molecule has 196 valence electrons. The molecule has 1 amide bonds. The molecule has 0 bridgehead atoms. The van der Waals surface area contributed by atoms with E-state index in [0.29, 0.717) is 10.5 Å². The SMILES string of the molecule is COC(=O)c1c(NS(=O)(=O)c2ccc(F)cc2C2CN(C(=O)C(F)(F)F)C2)ccc(C(C)C)c1OC. The summed E-state index contributed by atoms with van der Waals surface area (Å²) in [6, 6.07) is 5.69. The molecule has 1 aliphatic heterocycles. The van der Waals surface area contributed by atoms with Crippen LogP contribution in [0.25, 0.3) is 0 Å². The van der Waals surface area contributed by atoms with E-state index in [1.165, 1.54) is 13.2 Å². The third-order valence-corrected chi connectivity index (χ3v) is 7.20. The van der Waals surface area contributed by atoms with Gasteiger partial charge >= 0.3 is 18.1 Å². The Balaban J connectivity index is 2.01. The number of anilines is 1. The van der Waals surface area contributed by atoms with Crippen LogP contribution in [0.1, 0.15) is 47.2 Å². The van der Waals surface area contributed by atoms with Gasteiger partial charge in [0.15, 0.2) is 0 Å². The van der Waals surface area contributed by atoms with Gasteiger partial charge < -0.3 is 14.4 Å². The standard InChI is InChI=1S/C23H24F4N2O6S/c1-12(2)15-6-7-17(19(20(15)34-3)21(30)35-4)28-36(32,33)18-8-5-14(24)9-16(18)13-10-29(11-13)22(31)23(25,26)27/h5-9,12-13,28H,10-11H2,1-4H3. The zero-order valence-corrected chi connectivity index (χ0v) is 20.6. The van der Waals surface area contributed by atoms with E-state index < -0.39 is 57.8 Å². The van der Waals surface area contributed by atoms with Crippen molar-refractivity contribution >= 4 is 27.6 Å². The number of hydrogen-bond donors (Lipinski definition) is 1. The van der Waals surface area contributed by atoms with Gasteiger partial charge in [0.1, 0.15) is 17.1 Å². The summed E-state index contributed by atoms with van der Waals surface area (Å²) >= 11 is 0. The Morgan fingerprint density at radius 3 is 2.28 bits per heavy atom. The molecule has 0 unspecified atom stereocenters. The smallest absolute Gasteiger partial charge is 0.471 e. The second-order valence-corrected chi connectivity index (χ2v) is 10.1. The summed E-state index contributed by atoms with van der Waals surface area (Å²) in [6.07, 6.45) is -5.07. The molecule has 2 aromatic rings. The minimum Gasteiger partial charge on any atom is -0.495 e. The number of carbonyl (C=O) groups is 2. The monoisotopic (exact) mass is 532 g/mol. The highest BCUT2D eigenvalue weighted by Gasteiger charge is 2.47. The second kappa shape index (κ2) is 9.96.